The summed E-state index contributed by atoms with van der Waals surface area (Å²) >= 11 is 0. The molecule has 0 saturated carbocycles. The van der Waals surface area contributed by atoms with Gasteiger partial charge < -0.3 is 10.1 Å². The molecule has 0 aliphatic carbocycles. The summed E-state index contributed by atoms with van der Waals surface area (Å²) < 4.78 is 0. The van der Waals surface area contributed by atoms with Gasteiger partial charge >= 0.3 is 0 Å². The van der Waals surface area contributed by atoms with E-state index in [4.69, 9.17) is 5.26 Å². The van der Waals surface area contributed by atoms with Crippen molar-refractivity contribution in [2.24, 2.45) is 0 Å². The molecule has 0 saturated heterocycles. The summed E-state index contributed by atoms with van der Waals surface area (Å²) in [5, 5.41) is 19.1. The predicted molar refractivity (Wildman–Crippen MR) is 67.8 cm³/mol. The highest BCUT2D eigenvalue weighted by Gasteiger charge is 2.11. The monoisotopic (exact) mass is 241 g/mol. The third kappa shape index (κ3) is 1.96. The van der Waals surface area contributed by atoms with Crippen molar-refractivity contribution in [3.05, 3.63) is 46.2 Å². The van der Waals surface area contributed by atoms with Crippen molar-refractivity contribution in [2.75, 3.05) is 0 Å². The van der Waals surface area contributed by atoms with Crippen molar-refractivity contribution in [2.45, 2.75) is 13.3 Å². The van der Waals surface area contributed by atoms with Gasteiger partial charge in [0.1, 0.15) is 17.4 Å². The third-order valence-corrected chi connectivity index (χ3v) is 2.58. The minimum atomic E-state index is -0.327. The number of aromatic amines is 1. The Bertz CT molecular complexity index is 723. The summed E-state index contributed by atoms with van der Waals surface area (Å²) in [5.41, 5.74) is 0.167. The van der Waals surface area contributed by atoms with Gasteiger partial charge in [0.05, 0.1) is 10.9 Å². The highest BCUT2D eigenvalue weighted by Crippen LogP contribution is 2.15. The van der Waals surface area contributed by atoms with Crippen molar-refractivity contribution >= 4 is 16.5 Å². The Morgan fingerprint density at radius 2 is 2.22 bits per heavy atom. The summed E-state index contributed by atoms with van der Waals surface area (Å²) in [6.07, 6.45) is 0.305. The zero-order valence-electron chi connectivity index (χ0n) is 9.77. The molecule has 2 aromatic rings. The molecule has 2 rings (SSSR count). The number of aliphatic hydroxyl groups is 1. The minimum Gasteiger partial charge on any atom is -0.511 e. The number of aliphatic hydroxyl groups excluding tert-OH is 1. The molecular formula is C13H11N3O2. The van der Waals surface area contributed by atoms with Crippen LogP contribution in [0.5, 0.6) is 0 Å². The molecule has 0 spiro atoms. The van der Waals surface area contributed by atoms with E-state index in [2.05, 4.69) is 9.97 Å². The number of rotatable bonds is 2. The van der Waals surface area contributed by atoms with Crippen LogP contribution in [0.4, 0.5) is 0 Å². The van der Waals surface area contributed by atoms with E-state index < -0.39 is 0 Å². The lowest BCUT2D eigenvalue weighted by Crippen LogP contribution is -2.11. The van der Waals surface area contributed by atoms with E-state index in [1.54, 1.807) is 31.2 Å². The number of hydrogen-bond acceptors (Lipinski definition) is 4. The molecule has 1 aromatic carbocycles. The number of nitrogens with zero attached hydrogens (tertiary/aromatic N) is 2. The number of H-pyrrole nitrogens is 1. The molecule has 0 radical (unpaired) electrons. The van der Waals surface area contributed by atoms with E-state index in [1.807, 2.05) is 6.07 Å². The molecule has 1 heterocycles. The molecule has 0 atom stereocenters. The molecule has 0 unspecified atom stereocenters. The second-order valence-corrected chi connectivity index (χ2v) is 3.72. The Labute approximate surface area is 103 Å². The summed E-state index contributed by atoms with van der Waals surface area (Å²) in [6, 6.07) is 8.70. The van der Waals surface area contributed by atoms with Crippen molar-refractivity contribution in [1.82, 2.24) is 9.97 Å². The fourth-order valence-electron chi connectivity index (χ4n) is 1.64. The second kappa shape index (κ2) is 4.72. The maximum absolute atomic E-state index is 11.8. The molecule has 1 aromatic heterocycles. The molecule has 2 N–H and O–H groups in total. The van der Waals surface area contributed by atoms with Gasteiger partial charge in [-0.25, -0.2) is 4.98 Å². The molecule has 90 valence electrons. The Kier molecular flexibility index (Phi) is 3.11. The van der Waals surface area contributed by atoms with Gasteiger partial charge in [-0.3, -0.25) is 4.79 Å². The number of nitrogens with one attached hydrogen (secondary N) is 1. The number of allylic oxidation sites excluding steroid dienone is 2. The average molecular weight is 241 g/mol. The number of aromatic nitrogens is 2. The van der Waals surface area contributed by atoms with E-state index in [0.29, 0.717) is 17.3 Å². The van der Waals surface area contributed by atoms with E-state index in [1.165, 1.54) is 0 Å². The van der Waals surface area contributed by atoms with Crippen LogP contribution in [0, 0.1) is 11.3 Å². The first-order valence-electron chi connectivity index (χ1n) is 5.49. The zero-order chi connectivity index (χ0) is 13.1. The Balaban J connectivity index is 2.75. The Morgan fingerprint density at radius 1 is 1.50 bits per heavy atom. The summed E-state index contributed by atoms with van der Waals surface area (Å²) in [7, 11) is 0. The Morgan fingerprint density at radius 3 is 2.89 bits per heavy atom. The predicted octanol–water partition coefficient (Wildman–Crippen LogP) is 2.13. The maximum Gasteiger partial charge on any atom is 0.259 e. The summed E-state index contributed by atoms with van der Waals surface area (Å²) in [5.74, 6) is 0.0106. The van der Waals surface area contributed by atoms with Gasteiger partial charge in [-0.05, 0) is 12.1 Å². The first-order valence-corrected chi connectivity index (χ1v) is 5.49. The molecule has 0 aliphatic heterocycles. The molecular weight excluding hydrogens is 230 g/mol. The minimum absolute atomic E-state index is 0.000327. The highest BCUT2D eigenvalue weighted by molar-refractivity contribution is 5.81. The largest absolute Gasteiger partial charge is 0.511 e. The van der Waals surface area contributed by atoms with Crippen molar-refractivity contribution in [3.63, 3.8) is 0 Å². The number of para-hydroxylation sites is 1. The van der Waals surface area contributed by atoms with Crippen LogP contribution in [-0.4, -0.2) is 15.1 Å². The van der Waals surface area contributed by atoms with Crippen LogP contribution in [0.2, 0.25) is 0 Å². The standard InChI is InChI=1S/C13H11N3O2/c1-2-11(17)9(7-14)12-15-10-6-4-3-5-8(10)13(18)16-12/h3-6,17H,2H2,1H3,(H,15,16,18)/b11-9+. The van der Waals surface area contributed by atoms with E-state index in [-0.39, 0.29) is 22.7 Å². The fraction of sp³-hybridized carbons (Fsp3) is 0.154. The van der Waals surface area contributed by atoms with Gasteiger partial charge in [0.15, 0.2) is 5.82 Å². The Hall–Kier alpha value is -2.61. The quantitative estimate of drug-likeness (QED) is 0.622. The van der Waals surface area contributed by atoms with Crippen LogP contribution in [-0.2, 0) is 0 Å². The first-order chi connectivity index (χ1) is 8.67. The summed E-state index contributed by atoms with van der Waals surface area (Å²) in [4.78, 5) is 18.5. The third-order valence-electron chi connectivity index (χ3n) is 2.58. The van der Waals surface area contributed by atoms with Gasteiger partial charge in [-0.15, -0.1) is 0 Å². The lowest BCUT2D eigenvalue weighted by molar-refractivity contribution is 0.398. The van der Waals surface area contributed by atoms with Crippen LogP contribution in [0.3, 0.4) is 0 Å². The van der Waals surface area contributed by atoms with Gasteiger partial charge in [0.25, 0.3) is 5.56 Å². The van der Waals surface area contributed by atoms with Crippen LogP contribution in [0.15, 0.2) is 34.8 Å². The number of benzene rings is 1. The molecule has 0 amide bonds. The van der Waals surface area contributed by atoms with Crippen LogP contribution in [0.1, 0.15) is 19.2 Å². The number of fused-ring (bicyclic) bond motifs is 1. The highest BCUT2D eigenvalue weighted by atomic mass is 16.3. The zero-order valence-corrected chi connectivity index (χ0v) is 9.77. The van der Waals surface area contributed by atoms with Gasteiger partial charge in [0, 0.05) is 6.42 Å². The van der Waals surface area contributed by atoms with Gasteiger partial charge in [-0.2, -0.15) is 5.26 Å². The molecule has 5 nitrogen and oxygen atoms in total. The normalized spacial score (nSPS) is 12.0. The average Bonchev–Trinajstić information content (AvgIpc) is 2.39. The molecule has 18 heavy (non-hydrogen) atoms. The van der Waals surface area contributed by atoms with Gasteiger partial charge in [-0.1, -0.05) is 19.1 Å². The fourth-order valence-corrected chi connectivity index (χ4v) is 1.64. The first kappa shape index (κ1) is 11.9. The van der Waals surface area contributed by atoms with Crippen LogP contribution in [0.25, 0.3) is 16.5 Å². The topological polar surface area (TPSA) is 89.8 Å². The van der Waals surface area contributed by atoms with Crippen LogP contribution < -0.4 is 5.56 Å². The van der Waals surface area contributed by atoms with Crippen molar-refractivity contribution < 1.29 is 5.11 Å². The van der Waals surface area contributed by atoms with Crippen molar-refractivity contribution in [3.8, 4) is 6.07 Å². The van der Waals surface area contributed by atoms with Crippen molar-refractivity contribution in [1.29, 1.82) is 5.26 Å². The van der Waals surface area contributed by atoms with E-state index in [0.717, 1.165) is 0 Å². The smallest absolute Gasteiger partial charge is 0.259 e. The molecule has 5 heteroatoms. The second-order valence-electron chi connectivity index (χ2n) is 3.72. The van der Waals surface area contributed by atoms with E-state index >= 15 is 0 Å². The lowest BCUT2D eigenvalue weighted by atomic mass is 10.2. The maximum atomic E-state index is 11.8. The SMILES string of the molecule is CC/C(O)=C(/C#N)c1nc2ccccc2c(=O)[nH]1. The van der Waals surface area contributed by atoms with E-state index in [9.17, 15) is 9.90 Å². The molecule has 0 aliphatic rings. The van der Waals surface area contributed by atoms with Gasteiger partial charge in [0.2, 0.25) is 0 Å². The van der Waals surface area contributed by atoms with Crippen LogP contribution >= 0.6 is 0 Å². The number of nitriles is 1. The lowest BCUT2D eigenvalue weighted by Gasteiger charge is -2.03. The number of hydrogen-bond donors (Lipinski definition) is 2. The molecule has 0 fully saturated rings. The summed E-state index contributed by atoms with van der Waals surface area (Å²) in [6.45, 7) is 1.71. The molecule has 0 bridgehead atoms.